The lowest BCUT2D eigenvalue weighted by molar-refractivity contribution is -0.162. The number of Topliss-reactive ketones (excluding diaryl/α,β-unsaturated/α-hetero) is 1. The lowest BCUT2D eigenvalue weighted by Crippen LogP contribution is -2.57. The van der Waals surface area contributed by atoms with E-state index in [9.17, 15) is 19.5 Å². The number of ketones is 1. The van der Waals surface area contributed by atoms with Crippen LogP contribution in [-0.2, 0) is 23.9 Å². The van der Waals surface area contributed by atoms with E-state index in [4.69, 9.17) is 9.47 Å². The predicted molar refractivity (Wildman–Crippen MR) is 83.7 cm³/mol. The average molecular weight is 384 g/mol. The SMILES string of the molecule is COC(=O)C1(OC)C(C(C)=O)=C(O)C(=O)N1c1ccc(Br)cc1. The third-order valence-electron chi connectivity index (χ3n) is 3.49. The number of esters is 1. The maximum Gasteiger partial charge on any atom is 0.365 e. The lowest BCUT2D eigenvalue weighted by atomic mass is 9.99. The van der Waals surface area contributed by atoms with Crippen molar-refractivity contribution < 1.29 is 29.0 Å². The summed E-state index contributed by atoms with van der Waals surface area (Å²) in [6.07, 6.45) is 0. The molecule has 1 aliphatic rings. The van der Waals surface area contributed by atoms with Crippen LogP contribution in [0.3, 0.4) is 0 Å². The zero-order chi connectivity index (χ0) is 17.4. The number of halogens is 1. The highest BCUT2D eigenvalue weighted by molar-refractivity contribution is 9.10. The standard InChI is InChI=1S/C15H14BrNO6/c1-8(18)11-12(19)13(20)17(10-6-4-9(16)5-7-10)15(11,23-3)14(21)22-2/h4-7,19H,1-3H3. The van der Waals surface area contributed by atoms with Crippen LogP contribution in [0.4, 0.5) is 5.69 Å². The van der Waals surface area contributed by atoms with Crippen LogP contribution in [0.1, 0.15) is 6.92 Å². The van der Waals surface area contributed by atoms with E-state index < -0.39 is 34.7 Å². The summed E-state index contributed by atoms with van der Waals surface area (Å²) in [5.41, 5.74) is -2.37. The van der Waals surface area contributed by atoms with Gasteiger partial charge in [-0.05, 0) is 31.2 Å². The van der Waals surface area contributed by atoms with Gasteiger partial charge in [-0.15, -0.1) is 0 Å². The van der Waals surface area contributed by atoms with E-state index >= 15 is 0 Å². The van der Waals surface area contributed by atoms with Crippen molar-refractivity contribution in [2.75, 3.05) is 19.1 Å². The lowest BCUT2D eigenvalue weighted by Gasteiger charge is -2.35. The maximum atomic E-state index is 12.5. The Kier molecular flexibility index (Phi) is 4.58. The van der Waals surface area contributed by atoms with Crippen molar-refractivity contribution in [3.8, 4) is 0 Å². The molecule has 1 aromatic rings. The molecule has 1 unspecified atom stereocenters. The van der Waals surface area contributed by atoms with Crippen LogP contribution in [0.15, 0.2) is 40.1 Å². The van der Waals surface area contributed by atoms with Gasteiger partial charge in [0.25, 0.3) is 11.6 Å². The van der Waals surface area contributed by atoms with E-state index in [-0.39, 0.29) is 5.69 Å². The summed E-state index contributed by atoms with van der Waals surface area (Å²) in [5.74, 6) is -3.44. The van der Waals surface area contributed by atoms with Crippen molar-refractivity contribution in [3.05, 3.63) is 40.1 Å². The quantitative estimate of drug-likeness (QED) is 0.795. The molecule has 1 atom stereocenters. The second kappa shape index (κ2) is 6.13. The number of ether oxygens (including phenoxy) is 2. The third kappa shape index (κ3) is 2.43. The Morgan fingerprint density at radius 3 is 2.22 bits per heavy atom. The van der Waals surface area contributed by atoms with Crippen molar-refractivity contribution in [3.63, 3.8) is 0 Å². The van der Waals surface area contributed by atoms with Crippen LogP contribution in [0, 0.1) is 0 Å². The molecule has 0 aliphatic carbocycles. The summed E-state index contributed by atoms with van der Waals surface area (Å²) < 4.78 is 10.7. The van der Waals surface area contributed by atoms with Crippen LogP contribution in [0.5, 0.6) is 0 Å². The molecule has 2 rings (SSSR count). The summed E-state index contributed by atoms with van der Waals surface area (Å²) in [6.45, 7) is 1.13. The van der Waals surface area contributed by atoms with Crippen LogP contribution >= 0.6 is 15.9 Å². The van der Waals surface area contributed by atoms with Gasteiger partial charge in [0.1, 0.15) is 5.57 Å². The van der Waals surface area contributed by atoms with Crippen LogP contribution in [-0.4, -0.2) is 42.7 Å². The number of carbonyl (C=O) groups excluding carboxylic acids is 3. The Balaban J connectivity index is 2.75. The number of benzene rings is 1. The van der Waals surface area contributed by atoms with Gasteiger partial charge < -0.3 is 14.6 Å². The van der Waals surface area contributed by atoms with E-state index in [0.717, 1.165) is 30.5 Å². The summed E-state index contributed by atoms with van der Waals surface area (Å²) in [7, 11) is 2.25. The van der Waals surface area contributed by atoms with Crippen molar-refractivity contribution in [2.45, 2.75) is 12.6 Å². The molecule has 0 radical (unpaired) electrons. The average Bonchev–Trinajstić information content (AvgIpc) is 2.76. The fourth-order valence-electron chi connectivity index (χ4n) is 2.53. The molecule has 7 nitrogen and oxygen atoms in total. The first-order valence-electron chi connectivity index (χ1n) is 6.49. The molecule has 0 fully saturated rings. The van der Waals surface area contributed by atoms with Crippen LogP contribution < -0.4 is 4.90 Å². The summed E-state index contributed by atoms with van der Waals surface area (Å²) in [6, 6.07) is 6.36. The first-order valence-corrected chi connectivity index (χ1v) is 7.28. The van der Waals surface area contributed by atoms with Crippen LogP contribution in [0.25, 0.3) is 0 Å². The Labute approximate surface area is 140 Å². The second-order valence-corrected chi connectivity index (χ2v) is 5.65. The molecule has 8 heteroatoms. The first-order chi connectivity index (χ1) is 10.8. The summed E-state index contributed by atoms with van der Waals surface area (Å²) in [4.78, 5) is 37.7. The minimum atomic E-state index is -2.17. The molecule has 0 spiro atoms. The number of nitrogens with zero attached hydrogens (tertiary/aromatic N) is 1. The zero-order valence-electron chi connectivity index (χ0n) is 12.6. The van der Waals surface area contributed by atoms with E-state index in [1.54, 1.807) is 12.1 Å². The highest BCUT2D eigenvalue weighted by Gasteiger charge is 2.61. The fourth-order valence-corrected chi connectivity index (χ4v) is 2.80. The van der Waals surface area contributed by atoms with Gasteiger partial charge in [0.05, 0.1) is 7.11 Å². The summed E-state index contributed by atoms with van der Waals surface area (Å²) in [5, 5.41) is 10.1. The third-order valence-corrected chi connectivity index (χ3v) is 4.02. The normalized spacial score (nSPS) is 20.9. The molecular formula is C15H14BrNO6. The Morgan fingerprint density at radius 2 is 1.78 bits per heavy atom. The van der Waals surface area contributed by atoms with Crippen molar-refractivity contribution in [1.82, 2.24) is 0 Å². The highest BCUT2D eigenvalue weighted by Crippen LogP contribution is 2.40. The van der Waals surface area contributed by atoms with Gasteiger partial charge in [-0.25, -0.2) is 4.79 Å². The largest absolute Gasteiger partial charge is 0.503 e. The van der Waals surface area contributed by atoms with E-state index in [0.29, 0.717) is 0 Å². The number of anilines is 1. The highest BCUT2D eigenvalue weighted by atomic mass is 79.9. The van der Waals surface area contributed by atoms with Gasteiger partial charge in [-0.2, -0.15) is 0 Å². The smallest absolute Gasteiger partial charge is 0.365 e. The van der Waals surface area contributed by atoms with Gasteiger partial charge >= 0.3 is 5.97 Å². The van der Waals surface area contributed by atoms with Crippen LogP contribution in [0.2, 0.25) is 0 Å². The number of aliphatic hydroxyl groups is 1. The van der Waals surface area contributed by atoms with Gasteiger partial charge in [0, 0.05) is 17.3 Å². The molecule has 0 aromatic heterocycles. The zero-order valence-corrected chi connectivity index (χ0v) is 14.2. The molecule has 1 aromatic carbocycles. The maximum absolute atomic E-state index is 12.5. The van der Waals surface area contributed by atoms with Crippen molar-refractivity contribution in [2.24, 2.45) is 0 Å². The molecule has 0 bridgehead atoms. The molecular weight excluding hydrogens is 370 g/mol. The predicted octanol–water partition coefficient (Wildman–Crippen LogP) is 1.71. The minimum absolute atomic E-state index is 0.258. The molecule has 1 N–H and O–H groups in total. The Morgan fingerprint density at radius 1 is 1.22 bits per heavy atom. The monoisotopic (exact) mass is 383 g/mol. The van der Waals surface area contributed by atoms with Crippen molar-refractivity contribution >= 4 is 39.3 Å². The number of methoxy groups -OCH3 is 2. The van der Waals surface area contributed by atoms with Gasteiger partial charge in [-0.3, -0.25) is 14.5 Å². The van der Waals surface area contributed by atoms with Gasteiger partial charge in [0.2, 0.25) is 0 Å². The van der Waals surface area contributed by atoms with Gasteiger partial charge in [-0.1, -0.05) is 15.9 Å². The number of aliphatic hydroxyl groups excluding tert-OH is 1. The van der Waals surface area contributed by atoms with E-state index in [1.807, 2.05) is 0 Å². The number of carbonyl (C=O) groups is 3. The molecule has 1 heterocycles. The summed E-state index contributed by atoms with van der Waals surface area (Å²) >= 11 is 3.26. The Hall–Kier alpha value is -2.19. The molecule has 122 valence electrons. The second-order valence-electron chi connectivity index (χ2n) is 4.74. The van der Waals surface area contributed by atoms with Crippen molar-refractivity contribution in [1.29, 1.82) is 0 Å². The topological polar surface area (TPSA) is 93.1 Å². The number of hydrogen-bond acceptors (Lipinski definition) is 6. The molecule has 0 saturated carbocycles. The molecule has 23 heavy (non-hydrogen) atoms. The van der Waals surface area contributed by atoms with E-state index in [1.165, 1.54) is 12.1 Å². The number of rotatable bonds is 4. The minimum Gasteiger partial charge on any atom is -0.503 e. The Bertz CT molecular complexity index is 711. The fraction of sp³-hybridized carbons (Fsp3) is 0.267. The molecule has 1 amide bonds. The van der Waals surface area contributed by atoms with E-state index in [2.05, 4.69) is 15.9 Å². The number of hydrogen-bond donors (Lipinski definition) is 1. The van der Waals surface area contributed by atoms with Gasteiger partial charge in [0.15, 0.2) is 11.5 Å². The number of amides is 1. The molecule has 0 saturated heterocycles. The molecule has 1 aliphatic heterocycles. The first kappa shape index (κ1) is 17.2.